The smallest absolute Gasteiger partial charge is 0.0674 e. The molecule has 0 radical (unpaired) electrons. The quantitative estimate of drug-likeness (QED) is 0.521. The molecule has 0 aromatic carbocycles. The molecule has 0 aromatic rings. The lowest BCUT2D eigenvalue weighted by Gasteiger charge is -2.36. The molecule has 0 amide bonds. The molecule has 1 aliphatic heterocycles. The predicted octanol–water partition coefficient (Wildman–Crippen LogP) is 2.50. The summed E-state index contributed by atoms with van der Waals surface area (Å²) in [5, 5.41) is 0. The van der Waals surface area contributed by atoms with Gasteiger partial charge in [0.25, 0.3) is 0 Å². The van der Waals surface area contributed by atoms with Crippen LogP contribution >= 0.6 is 11.6 Å². The average Bonchev–Trinajstić information content (AvgIpc) is 2.18. The van der Waals surface area contributed by atoms with Crippen LogP contribution in [-0.4, -0.2) is 42.6 Å². The third kappa shape index (κ3) is 4.16. The molecule has 2 unspecified atom stereocenters. The second-order valence-corrected chi connectivity index (χ2v) is 4.62. The Kier molecular flexibility index (Phi) is 5.83. The molecular formula is C11H22ClNO. The summed E-state index contributed by atoms with van der Waals surface area (Å²) in [6.45, 7) is 7.57. The number of hydrogen-bond acceptors (Lipinski definition) is 2. The lowest BCUT2D eigenvalue weighted by Crippen LogP contribution is -2.47. The Bertz CT molecular complexity index is 154. The van der Waals surface area contributed by atoms with Crippen molar-refractivity contribution in [2.75, 3.05) is 25.6 Å². The number of morpholine rings is 1. The molecule has 0 spiro atoms. The Morgan fingerprint density at radius 2 is 2.07 bits per heavy atom. The monoisotopic (exact) mass is 219 g/mol. The minimum absolute atomic E-state index is 0.402. The van der Waals surface area contributed by atoms with Crippen molar-refractivity contribution in [3.05, 3.63) is 0 Å². The molecule has 0 aliphatic carbocycles. The largest absolute Gasteiger partial charge is 0.376 e. The molecule has 14 heavy (non-hydrogen) atoms. The van der Waals surface area contributed by atoms with E-state index >= 15 is 0 Å². The highest BCUT2D eigenvalue weighted by Gasteiger charge is 2.22. The van der Waals surface area contributed by atoms with Crippen LogP contribution in [-0.2, 0) is 4.74 Å². The highest BCUT2D eigenvalue weighted by molar-refractivity contribution is 6.17. The molecule has 1 saturated heterocycles. The molecule has 1 heterocycles. The van der Waals surface area contributed by atoms with Crippen LogP contribution in [0.2, 0.25) is 0 Å². The van der Waals surface area contributed by atoms with Crippen LogP contribution in [0, 0.1) is 0 Å². The van der Waals surface area contributed by atoms with Crippen molar-refractivity contribution in [3.63, 3.8) is 0 Å². The van der Waals surface area contributed by atoms with E-state index in [1.165, 1.54) is 19.4 Å². The number of alkyl halides is 1. The normalized spacial score (nSPS) is 29.4. The first-order chi connectivity index (χ1) is 6.74. The van der Waals surface area contributed by atoms with Crippen molar-refractivity contribution in [1.82, 2.24) is 4.90 Å². The SMILES string of the molecule is CC1CN(CCCCCCl)C(C)CO1. The van der Waals surface area contributed by atoms with Crippen LogP contribution < -0.4 is 0 Å². The van der Waals surface area contributed by atoms with Crippen molar-refractivity contribution in [2.24, 2.45) is 0 Å². The molecule has 1 aliphatic rings. The van der Waals surface area contributed by atoms with Crippen molar-refractivity contribution < 1.29 is 4.74 Å². The molecule has 3 heteroatoms. The molecular weight excluding hydrogens is 198 g/mol. The Morgan fingerprint density at radius 3 is 2.79 bits per heavy atom. The lowest BCUT2D eigenvalue weighted by molar-refractivity contribution is -0.0496. The number of ether oxygens (including phenoxy) is 1. The van der Waals surface area contributed by atoms with Gasteiger partial charge in [-0.05, 0) is 33.2 Å². The summed E-state index contributed by atoms with van der Waals surface area (Å²) in [6, 6.07) is 0.585. The third-order valence-corrected chi connectivity index (χ3v) is 3.08. The van der Waals surface area contributed by atoms with Gasteiger partial charge in [0.2, 0.25) is 0 Å². The first kappa shape index (κ1) is 12.3. The lowest BCUT2D eigenvalue weighted by atomic mass is 10.1. The molecule has 2 atom stereocenters. The summed E-state index contributed by atoms with van der Waals surface area (Å²) in [4.78, 5) is 2.53. The van der Waals surface area contributed by atoms with E-state index in [4.69, 9.17) is 16.3 Å². The van der Waals surface area contributed by atoms with Gasteiger partial charge in [-0.3, -0.25) is 4.90 Å². The topological polar surface area (TPSA) is 12.5 Å². The zero-order chi connectivity index (χ0) is 10.4. The van der Waals surface area contributed by atoms with E-state index in [2.05, 4.69) is 18.7 Å². The van der Waals surface area contributed by atoms with Crippen molar-refractivity contribution >= 4 is 11.6 Å². The number of hydrogen-bond donors (Lipinski definition) is 0. The van der Waals surface area contributed by atoms with Crippen LogP contribution in [0.25, 0.3) is 0 Å². The Morgan fingerprint density at radius 1 is 1.29 bits per heavy atom. The first-order valence-electron chi connectivity index (χ1n) is 5.65. The van der Waals surface area contributed by atoms with Crippen LogP contribution in [0.1, 0.15) is 33.1 Å². The summed E-state index contributed by atoms with van der Waals surface area (Å²) in [5.41, 5.74) is 0. The standard InChI is InChI=1S/C11H22ClNO/c1-10-9-14-11(2)8-13(10)7-5-3-4-6-12/h10-11H,3-9H2,1-2H3. The zero-order valence-corrected chi connectivity index (χ0v) is 10.1. The van der Waals surface area contributed by atoms with Crippen LogP contribution in [0.4, 0.5) is 0 Å². The van der Waals surface area contributed by atoms with Crippen molar-refractivity contribution in [2.45, 2.75) is 45.3 Å². The fourth-order valence-corrected chi connectivity index (χ4v) is 2.06. The summed E-state index contributed by atoms with van der Waals surface area (Å²) in [6.07, 6.45) is 4.07. The molecule has 2 nitrogen and oxygen atoms in total. The van der Waals surface area contributed by atoms with Gasteiger partial charge < -0.3 is 4.74 Å². The summed E-state index contributed by atoms with van der Waals surface area (Å²) in [5.74, 6) is 0.801. The second-order valence-electron chi connectivity index (χ2n) is 4.24. The maximum Gasteiger partial charge on any atom is 0.0674 e. The van der Waals surface area contributed by atoms with E-state index in [-0.39, 0.29) is 0 Å². The average molecular weight is 220 g/mol. The molecule has 0 aromatic heterocycles. The Balaban J connectivity index is 2.14. The van der Waals surface area contributed by atoms with E-state index in [0.717, 1.165) is 25.5 Å². The Labute approximate surface area is 92.6 Å². The summed E-state index contributed by atoms with van der Waals surface area (Å²) >= 11 is 5.64. The van der Waals surface area contributed by atoms with E-state index in [0.29, 0.717) is 12.1 Å². The first-order valence-corrected chi connectivity index (χ1v) is 6.19. The summed E-state index contributed by atoms with van der Waals surface area (Å²) in [7, 11) is 0. The fourth-order valence-electron chi connectivity index (χ4n) is 1.87. The predicted molar refractivity (Wildman–Crippen MR) is 61.0 cm³/mol. The van der Waals surface area contributed by atoms with Crippen LogP contribution in [0.5, 0.6) is 0 Å². The number of unbranched alkanes of at least 4 members (excludes halogenated alkanes) is 2. The summed E-state index contributed by atoms with van der Waals surface area (Å²) < 4.78 is 5.58. The zero-order valence-electron chi connectivity index (χ0n) is 9.34. The molecule has 1 fully saturated rings. The number of rotatable bonds is 5. The van der Waals surface area contributed by atoms with Gasteiger partial charge in [-0.2, -0.15) is 0 Å². The van der Waals surface area contributed by atoms with Crippen LogP contribution in [0.15, 0.2) is 0 Å². The molecule has 1 rings (SSSR count). The van der Waals surface area contributed by atoms with Gasteiger partial charge in [0, 0.05) is 18.5 Å². The maximum atomic E-state index is 5.64. The van der Waals surface area contributed by atoms with Crippen molar-refractivity contribution in [1.29, 1.82) is 0 Å². The van der Waals surface area contributed by atoms with Gasteiger partial charge in [-0.15, -0.1) is 11.6 Å². The maximum absolute atomic E-state index is 5.64. The number of halogens is 1. The third-order valence-electron chi connectivity index (χ3n) is 2.82. The number of nitrogens with zero attached hydrogens (tertiary/aromatic N) is 1. The van der Waals surface area contributed by atoms with Gasteiger partial charge in [-0.1, -0.05) is 6.42 Å². The second kappa shape index (κ2) is 6.65. The van der Waals surface area contributed by atoms with Crippen molar-refractivity contribution in [3.8, 4) is 0 Å². The molecule has 0 bridgehead atoms. The molecule has 84 valence electrons. The van der Waals surface area contributed by atoms with Gasteiger partial charge in [0.05, 0.1) is 12.7 Å². The highest BCUT2D eigenvalue weighted by atomic mass is 35.5. The van der Waals surface area contributed by atoms with E-state index in [1.54, 1.807) is 0 Å². The minimum atomic E-state index is 0.402. The van der Waals surface area contributed by atoms with Gasteiger partial charge in [0.1, 0.15) is 0 Å². The van der Waals surface area contributed by atoms with Gasteiger partial charge >= 0.3 is 0 Å². The van der Waals surface area contributed by atoms with Crippen LogP contribution in [0.3, 0.4) is 0 Å². The van der Waals surface area contributed by atoms with Gasteiger partial charge in [0.15, 0.2) is 0 Å². The molecule has 0 N–H and O–H groups in total. The van der Waals surface area contributed by atoms with Gasteiger partial charge in [-0.25, -0.2) is 0 Å². The fraction of sp³-hybridized carbons (Fsp3) is 1.00. The minimum Gasteiger partial charge on any atom is -0.376 e. The van der Waals surface area contributed by atoms with E-state index < -0.39 is 0 Å². The highest BCUT2D eigenvalue weighted by Crippen LogP contribution is 2.12. The van der Waals surface area contributed by atoms with E-state index in [9.17, 15) is 0 Å². The Hall–Kier alpha value is 0.210. The van der Waals surface area contributed by atoms with E-state index in [1.807, 2.05) is 0 Å². The molecule has 0 saturated carbocycles.